The molecule has 1 aliphatic carbocycles. The number of carbonyl (C=O) groups is 2. The highest BCUT2D eigenvalue weighted by Crippen LogP contribution is 2.41. The second-order valence-corrected chi connectivity index (χ2v) is 11.0. The van der Waals surface area contributed by atoms with Crippen LogP contribution in [0.25, 0.3) is 11.0 Å². The molecule has 2 atom stereocenters. The summed E-state index contributed by atoms with van der Waals surface area (Å²) in [6.45, 7) is 1.75. The molecule has 3 aromatic carbocycles. The second-order valence-electron chi connectivity index (χ2n) is 11.0. The zero-order chi connectivity index (χ0) is 31.2. The number of para-hydroxylation sites is 1. The first kappa shape index (κ1) is 30.8. The third-order valence-corrected chi connectivity index (χ3v) is 8.17. The standard InChI is InChI=1S/C33H38FN5O5/c1-21(39-27-13-9-8-12-26(27)36-37-39)33(41)38(20-22-14-16-24(34)17-15-22)30(32(40)35-25-10-6-5-7-11-25)23-18-28(42-2)31(44-4)29(19-23)43-3/h8-9,12-19,21,25,30H,5-7,10-11,20H2,1-4H3,(H,35,40)/t21-,30+/m1/s1. The molecule has 1 aliphatic rings. The summed E-state index contributed by atoms with van der Waals surface area (Å²) < 4.78 is 32.2. The molecule has 0 aliphatic heterocycles. The summed E-state index contributed by atoms with van der Waals surface area (Å²) in [5.41, 5.74) is 2.46. The van der Waals surface area contributed by atoms with Gasteiger partial charge in [-0.25, -0.2) is 9.07 Å². The van der Waals surface area contributed by atoms with Gasteiger partial charge < -0.3 is 24.4 Å². The molecule has 5 rings (SSSR count). The lowest BCUT2D eigenvalue weighted by molar-refractivity contribution is -0.144. The van der Waals surface area contributed by atoms with Crippen LogP contribution in [-0.4, -0.2) is 59.1 Å². The molecule has 0 radical (unpaired) electrons. The van der Waals surface area contributed by atoms with E-state index in [-0.39, 0.29) is 24.4 Å². The number of hydrogen-bond acceptors (Lipinski definition) is 7. The van der Waals surface area contributed by atoms with Crippen LogP contribution in [0.3, 0.4) is 0 Å². The van der Waals surface area contributed by atoms with E-state index in [1.807, 2.05) is 24.3 Å². The van der Waals surface area contributed by atoms with Gasteiger partial charge in [0.25, 0.3) is 0 Å². The number of fused-ring (bicyclic) bond motifs is 1. The molecule has 0 saturated heterocycles. The number of halogens is 1. The predicted molar refractivity (Wildman–Crippen MR) is 163 cm³/mol. The smallest absolute Gasteiger partial charge is 0.248 e. The largest absolute Gasteiger partial charge is 0.493 e. The lowest BCUT2D eigenvalue weighted by Crippen LogP contribution is -2.48. The zero-order valence-electron chi connectivity index (χ0n) is 25.5. The van der Waals surface area contributed by atoms with E-state index in [1.54, 1.807) is 35.9 Å². The maximum Gasteiger partial charge on any atom is 0.248 e. The maximum absolute atomic E-state index is 14.6. The normalized spacial score (nSPS) is 14.9. The number of hydrogen-bond donors (Lipinski definition) is 1. The van der Waals surface area contributed by atoms with Gasteiger partial charge in [0, 0.05) is 12.6 Å². The Morgan fingerprint density at radius 3 is 2.27 bits per heavy atom. The molecule has 44 heavy (non-hydrogen) atoms. The molecule has 0 unspecified atom stereocenters. The van der Waals surface area contributed by atoms with Crippen molar-refractivity contribution in [3.63, 3.8) is 0 Å². The zero-order valence-corrected chi connectivity index (χ0v) is 25.5. The van der Waals surface area contributed by atoms with E-state index in [9.17, 15) is 14.0 Å². The van der Waals surface area contributed by atoms with E-state index in [2.05, 4.69) is 15.6 Å². The van der Waals surface area contributed by atoms with E-state index >= 15 is 0 Å². The van der Waals surface area contributed by atoms with E-state index in [0.717, 1.165) is 32.1 Å². The third kappa shape index (κ3) is 6.46. The van der Waals surface area contributed by atoms with Crippen LogP contribution in [0.5, 0.6) is 17.2 Å². The molecular formula is C33H38FN5O5. The summed E-state index contributed by atoms with van der Waals surface area (Å²) in [6, 6.07) is 14.7. The van der Waals surface area contributed by atoms with Gasteiger partial charge in [0.1, 0.15) is 23.4 Å². The van der Waals surface area contributed by atoms with E-state index in [4.69, 9.17) is 14.2 Å². The lowest BCUT2D eigenvalue weighted by Gasteiger charge is -2.35. The Kier molecular flexibility index (Phi) is 9.62. The van der Waals surface area contributed by atoms with Crippen LogP contribution in [-0.2, 0) is 16.1 Å². The molecule has 1 saturated carbocycles. The molecular weight excluding hydrogens is 565 g/mol. The first-order valence-electron chi connectivity index (χ1n) is 14.8. The first-order valence-corrected chi connectivity index (χ1v) is 14.8. The number of rotatable bonds is 11. The molecule has 232 valence electrons. The molecule has 1 aromatic heterocycles. The number of amides is 2. The van der Waals surface area contributed by atoms with Gasteiger partial charge in [-0.15, -0.1) is 5.10 Å². The minimum Gasteiger partial charge on any atom is -0.493 e. The number of benzene rings is 3. The highest BCUT2D eigenvalue weighted by atomic mass is 19.1. The molecule has 1 fully saturated rings. The number of carbonyl (C=O) groups excluding carboxylic acids is 2. The average molecular weight is 604 g/mol. The van der Waals surface area contributed by atoms with Crippen molar-refractivity contribution in [1.82, 2.24) is 25.2 Å². The monoisotopic (exact) mass is 603 g/mol. The average Bonchev–Trinajstić information content (AvgIpc) is 3.49. The SMILES string of the molecule is COc1cc([C@@H](C(=O)NC2CCCCC2)N(Cc2ccc(F)cc2)C(=O)[C@@H](C)n2nnc3ccccc32)cc(OC)c1OC. The lowest BCUT2D eigenvalue weighted by atomic mass is 9.94. The summed E-state index contributed by atoms with van der Waals surface area (Å²) >= 11 is 0. The van der Waals surface area contributed by atoms with Crippen molar-refractivity contribution in [3.8, 4) is 17.2 Å². The minimum absolute atomic E-state index is 0.0137. The molecule has 4 aromatic rings. The quantitative estimate of drug-likeness (QED) is 0.245. The van der Waals surface area contributed by atoms with Crippen LogP contribution in [0.1, 0.15) is 62.2 Å². The predicted octanol–water partition coefficient (Wildman–Crippen LogP) is 5.38. The Morgan fingerprint density at radius 2 is 1.64 bits per heavy atom. The summed E-state index contributed by atoms with van der Waals surface area (Å²) in [4.78, 5) is 30.5. The molecule has 2 amide bonds. The van der Waals surface area contributed by atoms with Gasteiger partial charge in [0.05, 0.1) is 26.8 Å². The molecule has 1 heterocycles. The Balaban J connectivity index is 1.64. The van der Waals surface area contributed by atoms with Crippen molar-refractivity contribution in [1.29, 1.82) is 0 Å². The summed E-state index contributed by atoms with van der Waals surface area (Å²) in [5, 5.41) is 11.7. The van der Waals surface area contributed by atoms with Gasteiger partial charge >= 0.3 is 0 Å². The van der Waals surface area contributed by atoms with Crippen molar-refractivity contribution in [2.24, 2.45) is 0 Å². The van der Waals surface area contributed by atoms with E-state index in [0.29, 0.717) is 39.4 Å². The third-order valence-electron chi connectivity index (χ3n) is 8.17. The van der Waals surface area contributed by atoms with Crippen LogP contribution in [0.4, 0.5) is 4.39 Å². The van der Waals surface area contributed by atoms with Gasteiger partial charge in [0.2, 0.25) is 17.6 Å². The van der Waals surface area contributed by atoms with Crippen molar-refractivity contribution in [2.45, 2.75) is 63.7 Å². The first-order chi connectivity index (χ1) is 21.3. The highest BCUT2D eigenvalue weighted by molar-refractivity contribution is 5.91. The topological polar surface area (TPSA) is 108 Å². The van der Waals surface area contributed by atoms with Gasteiger partial charge in [-0.1, -0.05) is 48.7 Å². The highest BCUT2D eigenvalue weighted by Gasteiger charge is 2.37. The van der Waals surface area contributed by atoms with Crippen molar-refractivity contribution < 1.29 is 28.2 Å². The van der Waals surface area contributed by atoms with E-state index < -0.39 is 17.9 Å². The fourth-order valence-electron chi connectivity index (χ4n) is 5.86. The van der Waals surface area contributed by atoms with Crippen LogP contribution < -0.4 is 19.5 Å². The Labute approximate surface area is 256 Å². The number of nitrogens with one attached hydrogen (secondary N) is 1. The molecule has 10 nitrogen and oxygen atoms in total. The Morgan fingerprint density at radius 1 is 0.977 bits per heavy atom. The van der Waals surface area contributed by atoms with Crippen LogP contribution >= 0.6 is 0 Å². The number of ether oxygens (including phenoxy) is 3. The minimum atomic E-state index is -1.10. The Bertz CT molecular complexity index is 1580. The van der Waals surface area contributed by atoms with Gasteiger partial charge in [-0.05, 0) is 67.3 Å². The fourth-order valence-corrected chi connectivity index (χ4v) is 5.86. The fraction of sp³-hybridized carbons (Fsp3) is 0.394. The van der Waals surface area contributed by atoms with Crippen molar-refractivity contribution >= 4 is 22.8 Å². The van der Waals surface area contributed by atoms with Crippen molar-refractivity contribution in [3.05, 3.63) is 77.6 Å². The van der Waals surface area contributed by atoms with Crippen LogP contribution in [0, 0.1) is 5.82 Å². The summed E-state index contributed by atoms with van der Waals surface area (Å²) in [6.07, 6.45) is 4.89. The molecule has 0 spiro atoms. The van der Waals surface area contributed by atoms with Crippen LogP contribution in [0.15, 0.2) is 60.7 Å². The van der Waals surface area contributed by atoms with Gasteiger partial charge in [-0.2, -0.15) is 0 Å². The number of aromatic nitrogens is 3. The number of nitrogens with zero attached hydrogens (tertiary/aromatic N) is 4. The molecule has 11 heteroatoms. The second kappa shape index (κ2) is 13.7. The van der Waals surface area contributed by atoms with Gasteiger partial charge in [0.15, 0.2) is 11.5 Å². The van der Waals surface area contributed by atoms with Crippen molar-refractivity contribution in [2.75, 3.05) is 21.3 Å². The van der Waals surface area contributed by atoms with Gasteiger partial charge in [-0.3, -0.25) is 9.59 Å². The van der Waals surface area contributed by atoms with Crippen LogP contribution in [0.2, 0.25) is 0 Å². The summed E-state index contributed by atoms with van der Waals surface area (Å²) in [7, 11) is 4.50. The number of methoxy groups -OCH3 is 3. The maximum atomic E-state index is 14.6. The Hall–Kier alpha value is -4.67. The summed E-state index contributed by atoms with van der Waals surface area (Å²) in [5.74, 6) is -0.0437. The molecule has 0 bridgehead atoms. The van der Waals surface area contributed by atoms with E-state index in [1.165, 1.54) is 38.4 Å². The molecule has 1 N–H and O–H groups in total.